The number of nitrogens with zero attached hydrogens (tertiary/aromatic N) is 4. The largest absolute Gasteiger partial charge is 0.477 e. The second-order valence-electron chi connectivity index (χ2n) is 5.82. The first-order valence-electron chi connectivity index (χ1n) is 7.97. The Labute approximate surface area is 156 Å². The van der Waals surface area contributed by atoms with Gasteiger partial charge in [-0.2, -0.15) is 23.4 Å². The third-order valence-electron chi connectivity index (χ3n) is 3.74. The second-order valence-corrected chi connectivity index (χ2v) is 5.82. The van der Waals surface area contributed by atoms with Crippen LogP contribution in [0.5, 0.6) is 0 Å². The van der Waals surface area contributed by atoms with Gasteiger partial charge in [-0.05, 0) is 23.8 Å². The van der Waals surface area contributed by atoms with E-state index < -0.39 is 23.6 Å². The summed E-state index contributed by atoms with van der Waals surface area (Å²) in [4.78, 5) is 23.0. The van der Waals surface area contributed by atoms with Crippen LogP contribution in [0, 0.1) is 0 Å². The zero-order valence-electron chi connectivity index (χ0n) is 14.2. The van der Waals surface area contributed by atoms with Crippen molar-refractivity contribution in [2.24, 2.45) is 0 Å². The number of nitrogens with one attached hydrogen (secondary N) is 1. The van der Waals surface area contributed by atoms with Gasteiger partial charge in [0.05, 0.1) is 12.1 Å². The number of carboxylic acid groups (broad SMARTS) is 1. The molecule has 0 spiro atoms. The van der Waals surface area contributed by atoms with Crippen molar-refractivity contribution in [2.45, 2.75) is 19.3 Å². The highest BCUT2D eigenvalue weighted by Gasteiger charge is 2.30. The van der Waals surface area contributed by atoms with Gasteiger partial charge in [-0.3, -0.25) is 9.48 Å². The van der Waals surface area contributed by atoms with Gasteiger partial charge in [-0.15, -0.1) is 0 Å². The molecule has 3 aromatic rings. The number of hydrogen-bond donors (Lipinski definition) is 2. The minimum atomic E-state index is -4.43. The number of alkyl halides is 3. The Balaban J connectivity index is 1.63. The zero-order chi connectivity index (χ0) is 20.3. The summed E-state index contributed by atoms with van der Waals surface area (Å²) in [5.74, 6) is -1.58. The van der Waals surface area contributed by atoms with Crippen LogP contribution in [0.1, 0.15) is 21.6 Å². The predicted octanol–water partition coefficient (Wildman–Crippen LogP) is 2.48. The Bertz CT molecular complexity index is 1010. The maximum atomic E-state index is 12.8. The molecule has 8 nitrogen and oxygen atoms in total. The third-order valence-corrected chi connectivity index (χ3v) is 3.74. The van der Waals surface area contributed by atoms with E-state index in [4.69, 9.17) is 5.11 Å². The van der Waals surface area contributed by atoms with Crippen LogP contribution in [0.3, 0.4) is 0 Å². The summed E-state index contributed by atoms with van der Waals surface area (Å²) in [6.45, 7) is -0.239. The van der Waals surface area contributed by atoms with E-state index in [1.165, 1.54) is 35.3 Å². The van der Waals surface area contributed by atoms with Gasteiger partial charge in [-0.1, -0.05) is 12.1 Å². The molecule has 0 saturated carbocycles. The van der Waals surface area contributed by atoms with Crippen LogP contribution in [0.15, 0.2) is 48.8 Å². The lowest BCUT2D eigenvalue weighted by Gasteiger charge is -2.09. The number of halogens is 3. The van der Waals surface area contributed by atoms with Gasteiger partial charge in [0, 0.05) is 18.5 Å². The van der Waals surface area contributed by atoms with Crippen molar-refractivity contribution < 1.29 is 27.9 Å². The van der Waals surface area contributed by atoms with Gasteiger partial charge in [0.25, 0.3) is 0 Å². The van der Waals surface area contributed by atoms with E-state index in [0.29, 0.717) is 5.56 Å². The smallest absolute Gasteiger partial charge is 0.416 e. The van der Waals surface area contributed by atoms with E-state index in [1.54, 1.807) is 6.07 Å². The molecule has 0 unspecified atom stereocenters. The highest BCUT2D eigenvalue weighted by molar-refractivity contribution is 5.91. The SMILES string of the molecule is O=C(Cn1nccc1C(=O)O)Nc1ccn(Cc2cccc(C(F)(F)F)c2)n1. The van der Waals surface area contributed by atoms with Gasteiger partial charge < -0.3 is 10.4 Å². The molecule has 11 heteroatoms. The third kappa shape index (κ3) is 4.55. The topological polar surface area (TPSA) is 102 Å². The second kappa shape index (κ2) is 7.55. The molecule has 0 fully saturated rings. The van der Waals surface area contributed by atoms with Crippen molar-refractivity contribution in [1.29, 1.82) is 0 Å². The monoisotopic (exact) mass is 393 g/mol. The standard InChI is InChI=1S/C17H14F3N5O3/c18-17(19,20)12-3-1-2-11(8-12)9-24-7-5-14(23-24)22-15(26)10-25-13(16(27)28)4-6-21-25/h1-8H,9-10H2,(H,27,28)(H,22,23,26). The van der Waals surface area contributed by atoms with Crippen LogP contribution < -0.4 is 5.32 Å². The summed E-state index contributed by atoms with van der Waals surface area (Å²) < 4.78 is 40.7. The van der Waals surface area contributed by atoms with Crippen LogP contribution in [0.2, 0.25) is 0 Å². The Morgan fingerprint density at radius 3 is 2.68 bits per heavy atom. The number of carbonyl (C=O) groups is 2. The maximum absolute atomic E-state index is 12.8. The summed E-state index contributed by atoms with van der Waals surface area (Å²) >= 11 is 0. The normalized spacial score (nSPS) is 11.4. The van der Waals surface area contributed by atoms with E-state index in [0.717, 1.165) is 16.8 Å². The quantitative estimate of drug-likeness (QED) is 0.670. The number of hydrogen-bond acceptors (Lipinski definition) is 4. The van der Waals surface area contributed by atoms with E-state index in [9.17, 15) is 22.8 Å². The summed E-state index contributed by atoms with van der Waals surface area (Å²) in [5.41, 5.74) is -0.484. The molecule has 0 aliphatic rings. The zero-order valence-corrected chi connectivity index (χ0v) is 14.2. The molecule has 0 bridgehead atoms. The molecule has 2 aromatic heterocycles. The molecule has 2 heterocycles. The van der Waals surface area contributed by atoms with Gasteiger partial charge in [0.1, 0.15) is 12.2 Å². The van der Waals surface area contributed by atoms with E-state index in [2.05, 4.69) is 15.5 Å². The van der Waals surface area contributed by atoms with Crippen LogP contribution in [0.4, 0.5) is 19.0 Å². The molecule has 0 aliphatic heterocycles. The van der Waals surface area contributed by atoms with Gasteiger partial charge >= 0.3 is 12.1 Å². The van der Waals surface area contributed by atoms with Crippen molar-refractivity contribution >= 4 is 17.7 Å². The van der Waals surface area contributed by atoms with Crippen molar-refractivity contribution in [3.63, 3.8) is 0 Å². The predicted molar refractivity (Wildman–Crippen MR) is 90.6 cm³/mol. The molecule has 3 rings (SSSR count). The lowest BCUT2D eigenvalue weighted by atomic mass is 10.1. The molecular formula is C17H14F3N5O3. The van der Waals surface area contributed by atoms with Gasteiger partial charge in [0.15, 0.2) is 5.82 Å². The minimum Gasteiger partial charge on any atom is -0.477 e. The highest BCUT2D eigenvalue weighted by Crippen LogP contribution is 2.29. The number of carbonyl (C=O) groups excluding carboxylic acids is 1. The molecule has 1 aromatic carbocycles. The molecule has 146 valence electrons. The lowest BCUT2D eigenvalue weighted by Crippen LogP contribution is -2.22. The number of aromatic carboxylic acids is 1. The molecule has 0 aliphatic carbocycles. The molecule has 0 atom stereocenters. The van der Waals surface area contributed by atoms with Crippen molar-refractivity contribution in [3.05, 3.63) is 65.6 Å². The summed E-state index contributed by atoms with van der Waals surface area (Å²) in [6.07, 6.45) is -1.66. The average Bonchev–Trinajstić information content (AvgIpc) is 3.24. The Morgan fingerprint density at radius 2 is 1.96 bits per heavy atom. The number of amides is 1. The first kappa shape index (κ1) is 19.1. The van der Waals surface area contributed by atoms with Crippen molar-refractivity contribution in [2.75, 3.05) is 5.32 Å². The molecule has 0 saturated heterocycles. The number of rotatable bonds is 6. The van der Waals surface area contributed by atoms with Crippen LogP contribution in [0.25, 0.3) is 0 Å². The fraction of sp³-hybridized carbons (Fsp3) is 0.176. The Kier molecular flexibility index (Phi) is 5.16. The Morgan fingerprint density at radius 1 is 1.18 bits per heavy atom. The number of anilines is 1. The van der Waals surface area contributed by atoms with Crippen LogP contribution in [-0.2, 0) is 24.1 Å². The average molecular weight is 393 g/mol. The molecule has 28 heavy (non-hydrogen) atoms. The van der Waals surface area contributed by atoms with Crippen LogP contribution >= 0.6 is 0 Å². The number of benzene rings is 1. The lowest BCUT2D eigenvalue weighted by molar-refractivity contribution is -0.137. The summed E-state index contributed by atoms with van der Waals surface area (Å²) in [6, 6.07) is 7.62. The summed E-state index contributed by atoms with van der Waals surface area (Å²) in [7, 11) is 0. The van der Waals surface area contributed by atoms with Crippen LogP contribution in [-0.4, -0.2) is 36.5 Å². The van der Waals surface area contributed by atoms with Crippen molar-refractivity contribution in [3.8, 4) is 0 Å². The Hall–Kier alpha value is -3.63. The highest BCUT2D eigenvalue weighted by atomic mass is 19.4. The fourth-order valence-corrected chi connectivity index (χ4v) is 2.51. The van der Waals surface area contributed by atoms with E-state index in [1.807, 2.05) is 0 Å². The van der Waals surface area contributed by atoms with Gasteiger partial charge in [-0.25, -0.2) is 9.48 Å². The minimum absolute atomic E-state index is 0.0854. The van der Waals surface area contributed by atoms with E-state index >= 15 is 0 Å². The fourth-order valence-electron chi connectivity index (χ4n) is 2.51. The van der Waals surface area contributed by atoms with Crippen molar-refractivity contribution in [1.82, 2.24) is 19.6 Å². The number of carboxylic acids is 1. The first-order valence-corrected chi connectivity index (χ1v) is 7.97. The molecule has 1 amide bonds. The summed E-state index contributed by atoms with van der Waals surface area (Å²) in [5, 5.41) is 19.3. The van der Waals surface area contributed by atoms with Gasteiger partial charge in [0.2, 0.25) is 5.91 Å². The number of aromatic nitrogens is 4. The molecule has 0 radical (unpaired) electrons. The molecular weight excluding hydrogens is 379 g/mol. The first-order chi connectivity index (χ1) is 13.2. The maximum Gasteiger partial charge on any atom is 0.416 e. The molecule has 2 N–H and O–H groups in total. The van der Waals surface area contributed by atoms with E-state index in [-0.39, 0.29) is 24.6 Å².